The van der Waals surface area contributed by atoms with Crippen molar-refractivity contribution in [2.24, 2.45) is 0 Å². The Bertz CT molecular complexity index is 98.1. The summed E-state index contributed by atoms with van der Waals surface area (Å²) in [5.41, 5.74) is 0. The van der Waals surface area contributed by atoms with Crippen molar-refractivity contribution >= 4 is 18.5 Å². The first kappa shape index (κ1) is 15.8. The van der Waals surface area contributed by atoms with Crippen molar-refractivity contribution in [2.75, 3.05) is 6.26 Å². The molecule has 0 aliphatic heterocycles. The fraction of sp³-hybridized carbons (Fsp3) is 1.00. The van der Waals surface area contributed by atoms with Gasteiger partial charge in [-0.2, -0.15) is 8.42 Å². The minimum atomic E-state index is -3.67. The molecule has 0 unspecified atom stereocenters. The van der Waals surface area contributed by atoms with Gasteiger partial charge in [0.05, 0.1) is 6.26 Å². The Labute approximate surface area is 87.6 Å². The van der Waals surface area contributed by atoms with Gasteiger partial charge in [0.1, 0.15) is 0 Å². The summed E-state index contributed by atoms with van der Waals surface area (Å²) in [5.74, 6) is 0. The molecule has 0 bridgehead atoms. The minimum absolute atomic E-state index is 0. The van der Waals surface area contributed by atoms with E-state index in [1.807, 2.05) is 0 Å². The van der Waals surface area contributed by atoms with Gasteiger partial charge in [0.25, 0.3) is 10.1 Å². The first-order chi connectivity index (χ1) is 2.00. The van der Waals surface area contributed by atoms with E-state index >= 15 is 0 Å². The third-order valence-corrected chi connectivity index (χ3v) is 0. The zero-order chi connectivity index (χ0) is 4.50. The van der Waals surface area contributed by atoms with Crippen LogP contribution < -0.4 is 51.4 Å². The summed E-state index contributed by atoms with van der Waals surface area (Å²) in [6.45, 7) is 0. The molecule has 0 saturated heterocycles. The second-order valence-electron chi connectivity index (χ2n) is 0.733. The van der Waals surface area contributed by atoms with Crippen molar-refractivity contribution in [1.82, 2.24) is 0 Å². The molecule has 0 spiro atoms. The molecule has 0 heterocycles. The van der Waals surface area contributed by atoms with Crippen LogP contribution in [0.3, 0.4) is 0 Å². The molecule has 0 aromatic heterocycles. The molecule has 0 rings (SSSR count). The van der Waals surface area contributed by atoms with E-state index < -0.39 is 10.1 Å². The SMILES string of the molecule is CS(=O)(=O)O.[BH4-].[K+]. The van der Waals surface area contributed by atoms with E-state index in [0.29, 0.717) is 6.26 Å². The maximum absolute atomic E-state index is 9.19. The maximum atomic E-state index is 9.19. The summed E-state index contributed by atoms with van der Waals surface area (Å²) in [6, 6.07) is 0. The standard InChI is InChI=1S/CH4O3S.BH4.K/c1-5(2,3)4;;/h1H3,(H,2,3,4);1H4;/q;-1;+1. The average Bonchev–Trinajstić information content (AvgIpc) is 0.722. The summed E-state index contributed by atoms with van der Waals surface area (Å²) in [7, 11) is -3.67. The van der Waals surface area contributed by atoms with Crippen molar-refractivity contribution in [2.45, 2.75) is 0 Å². The van der Waals surface area contributed by atoms with E-state index in [2.05, 4.69) is 0 Å². The van der Waals surface area contributed by atoms with Crippen molar-refractivity contribution in [1.29, 1.82) is 0 Å². The van der Waals surface area contributed by atoms with Gasteiger partial charge >= 0.3 is 51.4 Å². The van der Waals surface area contributed by atoms with Crippen LogP contribution in [0.4, 0.5) is 0 Å². The Kier molecular flexibility index (Phi) is 13.0. The number of hydrogen-bond acceptors (Lipinski definition) is 2. The molecular weight excluding hydrogens is 142 g/mol. The Hall–Kier alpha value is 1.61. The Morgan fingerprint density at radius 2 is 1.43 bits per heavy atom. The zero-order valence-corrected chi connectivity index (χ0v) is 7.61. The molecule has 3 nitrogen and oxygen atoms in total. The van der Waals surface area contributed by atoms with Crippen molar-refractivity contribution in [3.8, 4) is 0 Å². The van der Waals surface area contributed by atoms with E-state index in [4.69, 9.17) is 4.55 Å². The molecule has 6 heteroatoms. The Morgan fingerprint density at radius 3 is 1.43 bits per heavy atom. The van der Waals surface area contributed by atoms with Crippen LogP contribution in [0.2, 0.25) is 0 Å². The van der Waals surface area contributed by atoms with E-state index in [9.17, 15) is 8.42 Å². The first-order valence-electron chi connectivity index (χ1n) is 0.924. The van der Waals surface area contributed by atoms with Crippen LogP contribution in [-0.2, 0) is 10.1 Å². The molecule has 0 radical (unpaired) electrons. The van der Waals surface area contributed by atoms with Crippen LogP contribution in [0.25, 0.3) is 0 Å². The van der Waals surface area contributed by atoms with Crippen molar-refractivity contribution in [3.05, 3.63) is 0 Å². The third kappa shape index (κ3) is 92.3. The predicted octanol–water partition coefficient (Wildman–Crippen LogP) is -4.94. The molecule has 7 heavy (non-hydrogen) atoms. The number of rotatable bonds is 0. The quantitative estimate of drug-likeness (QED) is 0.278. The molecule has 0 aromatic rings. The van der Waals surface area contributed by atoms with E-state index in [1.165, 1.54) is 0 Å². The van der Waals surface area contributed by atoms with Gasteiger partial charge in [-0.15, -0.1) is 0 Å². The summed E-state index contributed by atoms with van der Waals surface area (Å²) >= 11 is 0. The van der Waals surface area contributed by atoms with Crippen LogP contribution in [0.1, 0.15) is 0 Å². The van der Waals surface area contributed by atoms with Crippen LogP contribution in [-0.4, -0.2) is 27.6 Å². The molecule has 1 N–H and O–H groups in total. The summed E-state index contributed by atoms with van der Waals surface area (Å²) < 4.78 is 25.9. The van der Waals surface area contributed by atoms with Gasteiger partial charge in [-0.05, 0) is 0 Å². The Balaban J connectivity index is -0.0000000800. The van der Waals surface area contributed by atoms with Crippen molar-refractivity contribution < 1.29 is 64.4 Å². The van der Waals surface area contributed by atoms with Gasteiger partial charge in [0, 0.05) is 0 Å². The topological polar surface area (TPSA) is 54.4 Å². The van der Waals surface area contributed by atoms with Crippen LogP contribution >= 0.6 is 0 Å². The van der Waals surface area contributed by atoms with Gasteiger partial charge in [-0.25, -0.2) is 0 Å². The first-order valence-corrected chi connectivity index (χ1v) is 2.77. The predicted molar refractivity (Wildman–Crippen MR) is 28.8 cm³/mol. The van der Waals surface area contributed by atoms with Gasteiger partial charge < -0.3 is 0 Å². The summed E-state index contributed by atoms with van der Waals surface area (Å²) in [6.07, 6.45) is 0.715. The van der Waals surface area contributed by atoms with Crippen LogP contribution in [0.15, 0.2) is 0 Å². The van der Waals surface area contributed by atoms with E-state index in [-0.39, 0.29) is 59.8 Å². The number of hydrogen-bond donors (Lipinski definition) is 1. The van der Waals surface area contributed by atoms with Crippen LogP contribution in [0.5, 0.6) is 0 Å². The molecular formula is CH8BKO3S. The van der Waals surface area contributed by atoms with E-state index in [1.54, 1.807) is 0 Å². The molecule has 0 atom stereocenters. The zero-order valence-electron chi connectivity index (χ0n) is 3.67. The van der Waals surface area contributed by atoms with Gasteiger partial charge in [0.2, 0.25) is 0 Å². The molecule has 0 aliphatic rings. The minimum Gasteiger partial charge on any atom is -0.286 e. The van der Waals surface area contributed by atoms with E-state index in [0.717, 1.165) is 0 Å². The van der Waals surface area contributed by atoms with Gasteiger partial charge in [-0.3, -0.25) is 4.55 Å². The smallest absolute Gasteiger partial charge is 0.286 e. The maximum Gasteiger partial charge on any atom is 1.00 e. The summed E-state index contributed by atoms with van der Waals surface area (Å²) in [5, 5.41) is 0. The van der Waals surface area contributed by atoms with Crippen LogP contribution in [0, 0.1) is 0 Å². The molecule has 0 fully saturated rings. The monoisotopic (exact) mass is 150 g/mol. The molecule has 0 saturated carbocycles. The second-order valence-corrected chi connectivity index (χ2v) is 2.20. The largest absolute Gasteiger partial charge is 1.00 e. The fourth-order valence-electron chi connectivity index (χ4n) is 0. The molecule has 0 aliphatic carbocycles. The second kappa shape index (κ2) is 5.74. The molecule has 0 amide bonds. The normalized spacial score (nSPS) is 8.29. The van der Waals surface area contributed by atoms with Crippen molar-refractivity contribution in [3.63, 3.8) is 0 Å². The van der Waals surface area contributed by atoms with Gasteiger partial charge in [0.15, 0.2) is 0 Å². The molecule has 0 aromatic carbocycles. The molecule has 40 valence electrons. The fourth-order valence-corrected chi connectivity index (χ4v) is 0. The van der Waals surface area contributed by atoms with Gasteiger partial charge in [-0.1, -0.05) is 8.41 Å². The summed E-state index contributed by atoms with van der Waals surface area (Å²) in [4.78, 5) is 0. The average molecular weight is 150 g/mol. The Morgan fingerprint density at radius 1 is 1.43 bits per heavy atom. The third-order valence-electron chi connectivity index (χ3n) is 0.